The van der Waals surface area contributed by atoms with Crippen LogP contribution in [0.25, 0.3) is 10.4 Å². The van der Waals surface area contributed by atoms with E-state index in [4.69, 9.17) is 0 Å². The van der Waals surface area contributed by atoms with Crippen molar-refractivity contribution in [3.8, 4) is 10.4 Å². The fraction of sp³-hybridized carbons (Fsp3) is 0.182. The van der Waals surface area contributed by atoms with Gasteiger partial charge in [-0.3, -0.25) is 0 Å². The molecule has 0 saturated heterocycles. The smallest absolute Gasteiger partial charge is 0.388 e. The molecule has 1 N–H and O–H groups in total. The van der Waals surface area contributed by atoms with Gasteiger partial charge in [0.2, 0.25) is 0 Å². The predicted molar refractivity (Wildman–Crippen MR) is 62.1 cm³/mol. The van der Waals surface area contributed by atoms with Gasteiger partial charge in [0.1, 0.15) is 0 Å². The Morgan fingerprint density at radius 2 is 2.06 bits per heavy atom. The number of nitrogens with zero attached hydrogens (tertiary/aromatic N) is 1. The number of thiazole rings is 1. The predicted octanol–water partition coefficient (Wildman–Crippen LogP) is 3.87. The minimum absolute atomic E-state index is 0.509. The molecule has 17 heavy (non-hydrogen) atoms. The van der Waals surface area contributed by atoms with Crippen LogP contribution < -0.4 is 5.32 Å². The molecule has 1 heterocycles. The molecule has 1 aromatic heterocycles. The third kappa shape index (κ3) is 2.58. The van der Waals surface area contributed by atoms with Gasteiger partial charge in [-0.25, -0.2) is 4.98 Å². The van der Waals surface area contributed by atoms with Gasteiger partial charge in [-0.15, -0.1) is 11.3 Å². The average molecular weight is 258 g/mol. The fourth-order valence-corrected chi connectivity index (χ4v) is 2.15. The zero-order valence-electron chi connectivity index (χ0n) is 8.88. The topological polar surface area (TPSA) is 24.9 Å². The van der Waals surface area contributed by atoms with Crippen molar-refractivity contribution in [3.63, 3.8) is 0 Å². The molecule has 2 aromatic rings. The van der Waals surface area contributed by atoms with Gasteiger partial charge in [-0.1, -0.05) is 12.1 Å². The average Bonchev–Trinajstić information content (AvgIpc) is 2.78. The second kappa shape index (κ2) is 4.37. The van der Waals surface area contributed by atoms with E-state index in [1.165, 1.54) is 6.20 Å². The van der Waals surface area contributed by atoms with E-state index in [1.807, 2.05) is 6.07 Å². The summed E-state index contributed by atoms with van der Waals surface area (Å²) < 4.78 is 37.2. The molecule has 0 atom stereocenters. The minimum atomic E-state index is -4.37. The Morgan fingerprint density at radius 1 is 1.29 bits per heavy atom. The van der Waals surface area contributed by atoms with Gasteiger partial charge in [0, 0.05) is 18.9 Å². The molecule has 0 fully saturated rings. The maximum atomic E-state index is 12.4. The number of halogens is 3. The second-order valence-corrected chi connectivity index (χ2v) is 4.39. The van der Waals surface area contributed by atoms with E-state index in [-0.39, 0.29) is 0 Å². The number of alkyl halides is 3. The van der Waals surface area contributed by atoms with Crippen LogP contribution in [0.1, 0.15) is 5.01 Å². The SMILES string of the molecule is CNc1cccc(-c2cnc(C(F)(F)F)s2)c1. The number of anilines is 1. The third-order valence-corrected chi connectivity index (χ3v) is 3.28. The van der Waals surface area contributed by atoms with E-state index in [1.54, 1.807) is 25.2 Å². The zero-order valence-corrected chi connectivity index (χ0v) is 9.69. The van der Waals surface area contributed by atoms with Crippen molar-refractivity contribution in [1.82, 2.24) is 4.98 Å². The van der Waals surface area contributed by atoms with Crippen LogP contribution in [0.5, 0.6) is 0 Å². The summed E-state index contributed by atoms with van der Waals surface area (Å²) in [5.74, 6) is 0. The highest BCUT2D eigenvalue weighted by Crippen LogP contribution is 2.36. The summed E-state index contributed by atoms with van der Waals surface area (Å²) in [4.78, 5) is 3.90. The fourth-order valence-electron chi connectivity index (χ4n) is 1.37. The maximum Gasteiger partial charge on any atom is 0.443 e. The van der Waals surface area contributed by atoms with Crippen LogP contribution in [0.15, 0.2) is 30.5 Å². The molecular formula is C11H9F3N2S. The maximum absolute atomic E-state index is 12.4. The van der Waals surface area contributed by atoms with Gasteiger partial charge < -0.3 is 5.32 Å². The van der Waals surface area contributed by atoms with E-state index < -0.39 is 11.2 Å². The van der Waals surface area contributed by atoms with E-state index >= 15 is 0 Å². The lowest BCUT2D eigenvalue weighted by atomic mass is 10.2. The van der Waals surface area contributed by atoms with E-state index in [0.29, 0.717) is 16.2 Å². The van der Waals surface area contributed by atoms with Crippen LogP contribution in [0.2, 0.25) is 0 Å². The summed E-state index contributed by atoms with van der Waals surface area (Å²) in [7, 11) is 1.76. The van der Waals surface area contributed by atoms with Crippen molar-refractivity contribution in [3.05, 3.63) is 35.5 Å². The van der Waals surface area contributed by atoms with Crippen molar-refractivity contribution >= 4 is 17.0 Å². The largest absolute Gasteiger partial charge is 0.443 e. The molecule has 6 heteroatoms. The first-order valence-corrected chi connectivity index (χ1v) is 5.63. The Hall–Kier alpha value is -1.56. The molecule has 0 unspecified atom stereocenters. The highest BCUT2D eigenvalue weighted by molar-refractivity contribution is 7.15. The summed E-state index contributed by atoms with van der Waals surface area (Å²) in [5.41, 5.74) is 1.58. The number of hydrogen-bond acceptors (Lipinski definition) is 3. The first-order chi connectivity index (χ1) is 8.00. The zero-order chi connectivity index (χ0) is 12.5. The van der Waals surface area contributed by atoms with E-state index in [2.05, 4.69) is 10.3 Å². The summed E-state index contributed by atoms with van der Waals surface area (Å²) in [6, 6.07) is 7.17. The highest BCUT2D eigenvalue weighted by Gasteiger charge is 2.34. The lowest BCUT2D eigenvalue weighted by molar-refractivity contribution is -0.137. The van der Waals surface area contributed by atoms with Gasteiger partial charge in [-0.2, -0.15) is 13.2 Å². The molecule has 0 aliphatic heterocycles. The standard InChI is InChI=1S/C11H9F3N2S/c1-15-8-4-2-3-7(5-8)9-6-16-10(17-9)11(12,13)14/h2-6,15H,1H3. The number of aromatic nitrogens is 1. The van der Waals surface area contributed by atoms with Crippen LogP contribution in [0.3, 0.4) is 0 Å². The molecule has 1 aromatic carbocycles. The molecule has 2 rings (SSSR count). The molecular weight excluding hydrogens is 249 g/mol. The normalized spacial score (nSPS) is 11.5. The Labute approximate surface area is 100 Å². The van der Waals surface area contributed by atoms with Crippen LogP contribution in [-0.2, 0) is 6.18 Å². The van der Waals surface area contributed by atoms with E-state index in [0.717, 1.165) is 11.3 Å². The number of nitrogens with one attached hydrogen (secondary N) is 1. The lowest BCUT2D eigenvalue weighted by Crippen LogP contribution is -2.02. The van der Waals surface area contributed by atoms with Gasteiger partial charge in [0.25, 0.3) is 0 Å². The van der Waals surface area contributed by atoms with Crippen molar-refractivity contribution in [2.24, 2.45) is 0 Å². The van der Waals surface area contributed by atoms with Gasteiger partial charge in [0.15, 0.2) is 5.01 Å². The van der Waals surface area contributed by atoms with Crippen LogP contribution in [-0.4, -0.2) is 12.0 Å². The molecule has 0 radical (unpaired) electrons. The van der Waals surface area contributed by atoms with Crippen molar-refractivity contribution in [2.45, 2.75) is 6.18 Å². The molecule has 2 nitrogen and oxygen atoms in total. The molecule has 0 aliphatic carbocycles. The Kier molecular flexibility index (Phi) is 3.06. The molecule has 0 spiro atoms. The Bertz CT molecular complexity index is 519. The third-order valence-electron chi connectivity index (χ3n) is 2.18. The summed E-state index contributed by atoms with van der Waals surface area (Å²) >= 11 is 0.648. The summed E-state index contributed by atoms with van der Waals surface area (Å²) in [6.45, 7) is 0. The van der Waals surface area contributed by atoms with Crippen LogP contribution in [0.4, 0.5) is 18.9 Å². The van der Waals surface area contributed by atoms with Crippen molar-refractivity contribution in [1.29, 1.82) is 0 Å². The molecule has 90 valence electrons. The number of benzene rings is 1. The minimum Gasteiger partial charge on any atom is -0.388 e. The van der Waals surface area contributed by atoms with Crippen molar-refractivity contribution < 1.29 is 13.2 Å². The molecule has 0 amide bonds. The molecule has 0 aliphatic rings. The Balaban J connectivity index is 2.37. The molecule has 0 bridgehead atoms. The Morgan fingerprint density at radius 3 is 2.65 bits per heavy atom. The quantitative estimate of drug-likeness (QED) is 0.884. The highest BCUT2D eigenvalue weighted by atomic mass is 32.1. The van der Waals surface area contributed by atoms with Crippen LogP contribution >= 0.6 is 11.3 Å². The van der Waals surface area contributed by atoms with Gasteiger partial charge >= 0.3 is 6.18 Å². The number of rotatable bonds is 2. The summed E-state index contributed by atoms with van der Waals surface area (Å²) in [5, 5.41) is 2.12. The molecule has 0 saturated carbocycles. The lowest BCUT2D eigenvalue weighted by Gasteiger charge is -2.02. The van der Waals surface area contributed by atoms with E-state index in [9.17, 15) is 13.2 Å². The monoisotopic (exact) mass is 258 g/mol. The number of hydrogen-bond donors (Lipinski definition) is 1. The first kappa shape index (κ1) is 11.9. The van der Waals surface area contributed by atoms with Crippen LogP contribution in [0, 0.1) is 0 Å². The van der Waals surface area contributed by atoms with Gasteiger partial charge in [0.05, 0.1) is 4.88 Å². The summed E-state index contributed by atoms with van der Waals surface area (Å²) in [6.07, 6.45) is -3.12. The van der Waals surface area contributed by atoms with Gasteiger partial charge in [-0.05, 0) is 17.7 Å². The second-order valence-electron chi connectivity index (χ2n) is 3.36. The first-order valence-electron chi connectivity index (χ1n) is 4.82. The van der Waals surface area contributed by atoms with Crippen molar-refractivity contribution in [2.75, 3.05) is 12.4 Å².